The SMILES string of the molecule is CCN(CC)S(=O)(=O)c1ccc2c(c1)nc(CCC(=O)NCC(C)C)n2CC. The van der Waals surface area contributed by atoms with Gasteiger partial charge in [-0.2, -0.15) is 4.31 Å². The minimum absolute atomic E-state index is 0.00760. The fourth-order valence-electron chi connectivity index (χ4n) is 3.21. The largest absolute Gasteiger partial charge is 0.356 e. The molecule has 0 aliphatic heterocycles. The van der Waals surface area contributed by atoms with Crippen LogP contribution < -0.4 is 5.32 Å². The molecular weight excluding hydrogens is 376 g/mol. The highest BCUT2D eigenvalue weighted by Gasteiger charge is 2.23. The number of aromatic nitrogens is 2. The predicted octanol–water partition coefficient (Wildman–Crippen LogP) is 2.79. The number of nitrogens with zero attached hydrogens (tertiary/aromatic N) is 3. The van der Waals surface area contributed by atoms with Crippen LogP contribution >= 0.6 is 0 Å². The first-order valence-electron chi connectivity index (χ1n) is 10.0. The van der Waals surface area contributed by atoms with Crippen molar-refractivity contribution in [3.05, 3.63) is 24.0 Å². The minimum atomic E-state index is -3.52. The monoisotopic (exact) mass is 408 g/mol. The van der Waals surface area contributed by atoms with Gasteiger partial charge in [-0.1, -0.05) is 27.7 Å². The van der Waals surface area contributed by atoms with Gasteiger partial charge in [-0.15, -0.1) is 0 Å². The number of rotatable bonds is 10. The van der Waals surface area contributed by atoms with Gasteiger partial charge in [-0.3, -0.25) is 4.79 Å². The molecule has 28 heavy (non-hydrogen) atoms. The van der Waals surface area contributed by atoms with Gasteiger partial charge in [0.2, 0.25) is 15.9 Å². The zero-order valence-corrected chi connectivity index (χ0v) is 18.3. The van der Waals surface area contributed by atoms with Gasteiger partial charge in [-0.25, -0.2) is 13.4 Å². The van der Waals surface area contributed by atoms with Crippen LogP contribution in [0.5, 0.6) is 0 Å². The maximum atomic E-state index is 12.8. The molecule has 1 N–H and O–H groups in total. The molecule has 0 aliphatic rings. The quantitative estimate of drug-likeness (QED) is 0.655. The zero-order chi connectivity index (χ0) is 20.9. The second-order valence-corrected chi connectivity index (χ2v) is 9.15. The van der Waals surface area contributed by atoms with Gasteiger partial charge in [0, 0.05) is 39.0 Å². The van der Waals surface area contributed by atoms with Gasteiger partial charge in [-0.05, 0) is 31.0 Å². The van der Waals surface area contributed by atoms with Crippen LogP contribution in [0.4, 0.5) is 0 Å². The zero-order valence-electron chi connectivity index (χ0n) is 17.5. The van der Waals surface area contributed by atoms with Gasteiger partial charge < -0.3 is 9.88 Å². The maximum Gasteiger partial charge on any atom is 0.243 e. The van der Waals surface area contributed by atoms with Crippen molar-refractivity contribution in [1.82, 2.24) is 19.2 Å². The Morgan fingerprint density at radius 1 is 1.21 bits per heavy atom. The smallest absolute Gasteiger partial charge is 0.243 e. The van der Waals surface area contributed by atoms with Crippen LogP contribution in [0.15, 0.2) is 23.1 Å². The number of benzene rings is 1. The van der Waals surface area contributed by atoms with E-state index in [9.17, 15) is 13.2 Å². The second-order valence-electron chi connectivity index (χ2n) is 7.21. The van der Waals surface area contributed by atoms with E-state index < -0.39 is 10.0 Å². The molecule has 0 spiro atoms. The van der Waals surface area contributed by atoms with Crippen molar-refractivity contribution in [3.63, 3.8) is 0 Å². The molecule has 2 aromatic rings. The van der Waals surface area contributed by atoms with E-state index in [2.05, 4.69) is 24.1 Å². The summed E-state index contributed by atoms with van der Waals surface area (Å²) in [6, 6.07) is 5.09. The Hall–Kier alpha value is -1.93. The number of nitrogens with one attached hydrogen (secondary N) is 1. The highest BCUT2D eigenvalue weighted by atomic mass is 32.2. The molecule has 0 saturated carbocycles. The van der Waals surface area contributed by atoms with Crippen LogP contribution in [-0.4, -0.2) is 47.8 Å². The molecule has 0 saturated heterocycles. The van der Waals surface area contributed by atoms with E-state index in [1.807, 2.05) is 31.4 Å². The Morgan fingerprint density at radius 3 is 2.46 bits per heavy atom. The van der Waals surface area contributed by atoms with Crippen LogP contribution in [0.25, 0.3) is 11.0 Å². The number of carbonyl (C=O) groups excluding carboxylic acids is 1. The van der Waals surface area contributed by atoms with E-state index in [1.54, 1.807) is 12.1 Å². The Bertz CT molecular complexity index is 915. The van der Waals surface area contributed by atoms with Crippen molar-refractivity contribution < 1.29 is 13.2 Å². The summed E-state index contributed by atoms with van der Waals surface area (Å²) in [6.07, 6.45) is 0.880. The van der Waals surface area contributed by atoms with Crippen LogP contribution in [0, 0.1) is 5.92 Å². The normalized spacial score (nSPS) is 12.2. The lowest BCUT2D eigenvalue weighted by molar-refractivity contribution is -0.121. The molecule has 0 fully saturated rings. The average Bonchev–Trinajstić information content (AvgIpc) is 3.02. The first-order chi connectivity index (χ1) is 13.2. The maximum absolute atomic E-state index is 12.8. The van der Waals surface area contributed by atoms with Crippen molar-refractivity contribution in [2.75, 3.05) is 19.6 Å². The molecule has 0 atom stereocenters. The van der Waals surface area contributed by atoms with Crippen molar-refractivity contribution in [2.24, 2.45) is 5.92 Å². The first-order valence-corrected chi connectivity index (χ1v) is 11.4. The third kappa shape index (κ3) is 4.91. The number of hydrogen-bond acceptors (Lipinski definition) is 4. The van der Waals surface area contributed by atoms with E-state index in [0.717, 1.165) is 11.3 Å². The van der Waals surface area contributed by atoms with E-state index >= 15 is 0 Å². The molecule has 2 rings (SSSR count). The molecular formula is C20H32N4O3S. The molecule has 1 heterocycles. The fraction of sp³-hybridized carbons (Fsp3) is 0.600. The van der Waals surface area contributed by atoms with Crippen LogP contribution in [0.2, 0.25) is 0 Å². The van der Waals surface area contributed by atoms with Crippen LogP contribution in [0.1, 0.15) is 46.9 Å². The minimum Gasteiger partial charge on any atom is -0.356 e. The molecule has 156 valence electrons. The summed E-state index contributed by atoms with van der Waals surface area (Å²) in [7, 11) is -3.52. The predicted molar refractivity (Wildman–Crippen MR) is 112 cm³/mol. The number of imidazole rings is 1. The summed E-state index contributed by atoms with van der Waals surface area (Å²) in [5, 5.41) is 2.92. The molecule has 0 bridgehead atoms. The molecule has 1 amide bonds. The highest BCUT2D eigenvalue weighted by molar-refractivity contribution is 7.89. The number of carbonyl (C=O) groups is 1. The second kappa shape index (κ2) is 9.52. The molecule has 0 radical (unpaired) electrons. The summed E-state index contributed by atoms with van der Waals surface area (Å²) in [5.41, 5.74) is 1.53. The first kappa shape index (κ1) is 22.4. The standard InChI is InChI=1S/C20H32N4O3S/c1-6-23(7-2)28(26,27)16-9-10-18-17(13-16)22-19(24(18)8-3)11-12-20(25)21-14-15(4)5/h9-10,13,15H,6-8,11-12,14H2,1-5H3,(H,21,25). The third-order valence-corrected chi connectivity index (χ3v) is 6.79. The highest BCUT2D eigenvalue weighted by Crippen LogP contribution is 2.23. The van der Waals surface area contributed by atoms with Gasteiger partial charge >= 0.3 is 0 Å². The van der Waals surface area contributed by atoms with Gasteiger partial charge in [0.25, 0.3) is 0 Å². The topological polar surface area (TPSA) is 84.3 Å². The third-order valence-electron chi connectivity index (χ3n) is 4.74. The molecule has 1 aromatic carbocycles. The number of aryl methyl sites for hydroxylation is 2. The number of amides is 1. The lowest BCUT2D eigenvalue weighted by Crippen LogP contribution is -2.30. The van der Waals surface area contributed by atoms with Crippen LogP contribution in [-0.2, 0) is 27.8 Å². The molecule has 7 nitrogen and oxygen atoms in total. The Morgan fingerprint density at radius 2 is 1.89 bits per heavy atom. The van der Waals surface area contributed by atoms with Crippen molar-refractivity contribution in [3.8, 4) is 0 Å². The van der Waals surface area contributed by atoms with E-state index in [-0.39, 0.29) is 10.8 Å². The average molecular weight is 409 g/mol. The van der Waals surface area contributed by atoms with E-state index in [4.69, 9.17) is 0 Å². The molecule has 8 heteroatoms. The summed E-state index contributed by atoms with van der Waals surface area (Å²) in [6.45, 7) is 12.0. The summed E-state index contributed by atoms with van der Waals surface area (Å²) >= 11 is 0. The number of hydrogen-bond donors (Lipinski definition) is 1. The van der Waals surface area contributed by atoms with Crippen molar-refractivity contribution in [1.29, 1.82) is 0 Å². The van der Waals surface area contributed by atoms with E-state index in [0.29, 0.717) is 50.5 Å². The summed E-state index contributed by atoms with van der Waals surface area (Å²) in [5.74, 6) is 1.22. The molecule has 1 aromatic heterocycles. The van der Waals surface area contributed by atoms with E-state index in [1.165, 1.54) is 4.31 Å². The lowest BCUT2D eigenvalue weighted by Gasteiger charge is -2.18. The fourth-order valence-corrected chi connectivity index (χ4v) is 4.69. The van der Waals surface area contributed by atoms with Gasteiger partial charge in [0.05, 0.1) is 15.9 Å². The Balaban J connectivity index is 2.29. The van der Waals surface area contributed by atoms with Crippen molar-refractivity contribution >= 4 is 27.0 Å². The number of sulfonamides is 1. The summed E-state index contributed by atoms with van der Waals surface area (Å²) < 4.78 is 29.0. The molecule has 0 aliphatic carbocycles. The van der Waals surface area contributed by atoms with Gasteiger partial charge in [0.15, 0.2) is 0 Å². The number of fused-ring (bicyclic) bond motifs is 1. The molecule has 0 unspecified atom stereocenters. The summed E-state index contributed by atoms with van der Waals surface area (Å²) in [4.78, 5) is 16.9. The van der Waals surface area contributed by atoms with Crippen molar-refractivity contribution in [2.45, 2.75) is 58.9 Å². The Labute approximate surface area is 168 Å². The van der Waals surface area contributed by atoms with Gasteiger partial charge in [0.1, 0.15) is 5.82 Å². The lowest BCUT2D eigenvalue weighted by atomic mass is 10.2. The Kier molecular flexibility index (Phi) is 7.60. The van der Waals surface area contributed by atoms with Crippen LogP contribution in [0.3, 0.4) is 0 Å².